The van der Waals surface area contributed by atoms with Gasteiger partial charge in [-0.15, -0.1) is 0 Å². The van der Waals surface area contributed by atoms with Crippen LogP contribution in [0.5, 0.6) is 0 Å². The number of hydrogen-bond acceptors (Lipinski definition) is 3. The van der Waals surface area contributed by atoms with Crippen molar-refractivity contribution in [2.24, 2.45) is 0 Å². The fraction of sp³-hybridized carbons (Fsp3) is 0.120. The quantitative estimate of drug-likeness (QED) is 0.360. The van der Waals surface area contributed by atoms with Gasteiger partial charge in [-0.25, -0.2) is 9.07 Å². The molecule has 0 fully saturated rings. The maximum atomic E-state index is 14.3. The molecule has 2 heterocycles. The van der Waals surface area contributed by atoms with Gasteiger partial charge < -0.3 is 9.67 Å². The summed E-state index contributed by atoms with van der Waals surface area (Å²) in [6.45, 7) is -0.799. The monoisotopic (exact) mass is 464 g/mol. The van der Waals surface area contributed by atoms with E-state index in [4.69, 9.17) is 0 Å². The highest BCUT2D eigenvalue weighted by molar-refractivity contribution is 5.86. The van der Waals surface area contributed by atoms with Crippen LogP contribution in [0.4, 0.5) is 17.6 Å². The molecule has 34 heavy (non-hydrogen) atoms. The summed E-state index contributed by atoms with van der Waals surface area (Å²) in [6, 6.07) is 17.8. The molecule has 1 N–H and O–H groups in total. The minimum Gasteiger partial charge on any atom is -0.375 e. The van der Waals surface area contributed by atoms with Gasteiger partial charge >= 0.3 is 6.18 Å². The van der Waals surface area contributed by atoms with Crippen LogP contribution in [0.1, 0.15) is 11.1 Å². The molecule has 170 valence electrons. The molecule has 5 aromatic rings. The normalized spacial score (nSPS) is 13.8. The number of rotatable bonds is 4. The molecule has 0 bridgehead atoms. The number of aliphatic hydroxyl groups is 1. The van der Waals surface area contributed by atoms with E-state index in [9.17, 15) is 27.9 Å². The van der Waals surface area contributed by atoms with E-state index in [1.807, 2.05) is 6.07 Å². The topological polar surface area (TPSA) is 66.8 Å². The fourth-order valence-corrected chi connectivity index (χ4v) is 4.13. The number of nitrogens with zero attached hydrogens (tertiary/aromatic N) is 4. The molecule has 3 aromatic carbocycles. The van der Waals surface area contributed by atoms with E-state index in [0.717, 1.165) is 0 Å². The summed E-state index contributed by atoms with van der Waals surface area (Å²) in [5, 5.41) is 25.4. The maximum Gasteiger partial charge on any atom is 0.423 e. The Labute approximate surface area is 190 Å². The average Bonchev–Trinajstić information content (AvgIpc) is 3.42. The van der Waals surface area contributed by atoms with E-state index in [-0.39, 0.29) is 5.56 Å². The molecule has 1 unspecified atom stereocenters. The molecule has 0 saturated heterocycles. The van der Waals surface area contributed by atoms with Crippen molar-refractivity contribution in [2.75, 3.05) is 0 Å². The summed E-state index contributed by atoms with van der Waals surface area (Å²) >= 11 is 0. The predicted octanol–water partition coefficient (Wildman–Crippen LogP) is 5.44. The van der Waals surface area contributed by atoms with E-state index in [0.29, 0.717) is 33.1 Å². The van der Waals surface area contributed by atoms with Crippen LogP contribution in [-0.4, -0.2) is 25.6 Å². The van der Waals surface area contributed by atoms with Crippen LogP contribution in [0.3, 0.4) is 0 Å². The summed E-state index contributed by atoms with van der Waals surface area (Å²) in [4.78, 5) is 0. The third kappa shape index (κ3) is 3.40. The molecule has 0 amide bonds. The third-order valence-corrected chi connectivity index (χ3v) is 5.92. The van der Waals surface area contributed by atoms with Gasteiger partial charge in [-0.2, -0.15) is 23.5 Å². The Morgan fingerprint density at radius 1 is 0.971 bits per heavy atom. The van der Waals surface area contributed by atoms with Crippen LogP contribution in [0.2, 0.25) is 0 Å². The zero-order chi connectivity index (χ0) is 24.1. The van der Waals surface area contributed by atoms with Crippen LogP contribution in [0.15, 0.2) is 79.1 Å². The molecule has 0 saturated carbocycles. The lowest BCUT2D eigenvalue weighted by molar-refractivity contribution is -0.271. The largest absolute Gasteiger partial charge is 0.423 e. The second-order valence-corrected chi connectivity index (χ2v) is 7.96. The summed E-state index contributed by atoms with van der Waals surface area (Å²) in [5.74, 6) is -0.419. The van der Waals surface area contributed by atoms with Crippen molar-refractivity contribution in [1.82, 2.24) is 14.3 Å². The molecule has 0 aliphatic carbocycles. The van der Waals surface area contributed by atoms with Gasteiger partial charge in [-0.05, 0) is 60.2 Å². The average molecular weight is 464 g/mol. The van der Waals surface area contributed by atoms with Crippen molar-refractivity contribution in [3.63, 3.8) is 0 Å². The van der Waals surface area contributed by atoms with Crippen LogP contribution in [0, 0.1) is 17.1 Å². The lowest BCUT2D eigenvalue weighted by Gasteiger charge is -2.32. The number of aromatic nitrogens is 3. The fourth-order valence-electron chi connectivity index (χ4n) is 4.13. The molecule has 9 heteroatoms. The Bertz CT molecular complexity index is 1560. The Kier molecular flexibility index (Phi) is 4.92. The van der Waals surface area contributed by atoms with Crippen molar-refractivity contribution < 1.29 is 22.7 Å². The number of nitriles is 1. The van der Waals surface area contributed by atoms with Crippen molar-refractivity contribution in [3.05, 3.63) is 96.1 Å². The number of alkyl halides is 3. The Morgan fingerprint density at radius 2 is 1.74 bits per heavy atom. The molecule has 0 aliphatic heterocycles. The van der Waals surface area contributed by atoms with E-state index in [1.54, 1.807) is 24.3 Å². The minimum absolute atomic E-state index is 0.335. The first-order valence-corrected chi connectivity index (χ1v) is 10.2. The predicted molar refractivity (Wildman–Crippen MR) is 118 cm³/mol. The van der Waals surface area contributed by atoms with Gasteiger partial charge in [0, 0.05) is 22.5 Å². The first-order valence-electron chi connectivity index (χ1n) is 10.2. The highest BCUT2D eigenvalue weighted by atomic mass is 19.4. The molecule has 0 radical (unpaired) electrons. The van der Waals surface area contributed by atoms with Crippen molar-refractivity contribution >= 4 is 21.8 Å². The van der Waals surface area contributed by atoms with Crippen LogP contribution in [0.25, 0.3) is 27.5 Å². The summed E-state index contributed by atoms with van der Waals surface area (Å²) in [5.41, 5.74) is -1.75. The molecular formula is C25H16F4N4O. The Morgan fingerprint density at radius 3 is 2.44 bits per heavy atom. The second-order valence-electron chi connectivity index (χ2n) is 7.96. The molecule has 0 aliphatic rings. The van der Waals surface area contributed by atoms with E-state index in [2.05, 4.69) is 5.10 Å². The van der Waals surface area contributed by atoms with Crippen molar-refractivity contribution in [3.8, 4) is 11.8 Å². The Balaban J connectivity index is 1.59. The van der Waals surface area contributed by atoms with E-state index in [1.165, 1.54) is 64.1 Å². The van der Waals surface area contributed by atoms with Crippen LogP contribution < -0.4 is 0 Å². The van der Waals surface area contributed by atoms with Gasteiger partial charge in [-0.3, -0.25) is 0 Å². The minimum atomic E-state index is -4.99. The number of hydrogen-bond donors (Lipinski definition) is 1. The number of benzene rings is 3. The third-order valence-electron chi connectivity index (χ3n) is 5.92. The lowest BCUT2D eigenvalue weighted by Crippen LogP contribution is -2.45. The number of halogens is 4. The van der Waals surface area contributed by atoms with Gasteiger partial charge in [-0.1, -0.05) is 12.1 Å². The van der Waals surface area contributed by atoms with Crippen LogP contribution >= 0.6 is 0 Å². The first kappa shape index (κ1) is 21.7. The number of fused-ring (bicyclic) bond motifs is 2. The highest BCUT2D eigenvalue weighted by Crippen LogP contribution is 2.42. The second kappa shape index (κ2) is 7.71. The van der Waals surface area contributed by atoms with Gasteiger partial charge in [0.25, 0.3) is 0 Å². The zero-order valence-corrected chi connectivity index (χ0v) is 17.5. The first-order chi connectivity index (χ1) is 16.2. The summed E-state index contributed by atoms with van der Waals surface area (Å²) in [6.07, 6.45) is -2.17. The van der Waals surface area contributed by atoms with Crippen LogP contribution in [-0.2, 0) is 12.1 Å². The SMILES string of the molecule is N#Cc1cccc2c1ccn2CC(O)(c1ccc2c(cnn2-c2ccc(F)cc2)c1)C(F)(F)F. The molecule has 5 nitrogen and oxygen atoms in total. The van der Waals surface area contributed by atoms with E-state index < -0.39 is 24.1 Å². The maximum absolute atomic E-state index is 14.3. The summed E-state index contributed by atoms with van der Waals surface area (Å²) < 4.78 is 58.8. The standard InChI is InChI=1S/C25H16F4N4O/c26-19-5-7-20(8-6-19)33-22-9-4-18(12-17(22)14-31-33)24(34,25(27,28)29)15-32-11-10-21-16(13-30)2-1-3-23(21)32/h1-12,14,34H,15H2. The van der Waals surface area contributed by atoms with Gasteiger partial charge in [0.15, 0.2) is 0 Å². The lowest BCUT2D eigenvalue weighted by atomic mass is 9.91. The Hall–Kier alpha value is -4.16. The van der Waals surface area contributed by atoms with Gasteiger partial charge in [0.1, 0.15) is 5.82 Å². The molecule has 0 spiro atoms. The van der Waals surface area contributed by atoms with Gasteiger partial charge in [0.05, 0.1) is 35.6 Å². The molecule has 2 aromatic heterocycles. The summed E-state index contributed by atoms with van der Waals surface area (Å²) in [7, 11) is 0. The van der Waals surface area contributed by atoms with Gasteiger partial charge in [0.2, 0.25) is 5.60 Å². The molecule has 1 atom stereocenters. The van der Waals surface area contributed by atoms with E-state index >= 15 is 0 Å². The highest BCUT2D eigenvalue weighted by Gasteiger charge is 2.55. The van der Waals surface area contributed by atoms with Crippen molar-refractivity contribution in [2.45, 2.75) is 18.3 Å². The smallest absolute Gasteiger partial charge is 0.375 e. The molecular weight excluding hydrogens is 448 g/mol. The van der Waals surface area contributed by atoms with Crippen molar-refractivity contribution in [1.29, 1.82) is 5.26 Å². The molecule has 5 rings (SSSR count). The zero-order valence-electron chi connectivity index (χ0n) is 17.5.